The van der Waals surface area contributed by atoms with Crippen LogP contribution in [0.5, 0.6) is 0 Å². The molecule has 0 spiro atoms. The molecular weight excluding hydrogens is 401 g/mol. The van der Waals surface area contributed by atoms with E-state index in [-0.39, 0.29) is 29.2 Å². The summed E-state index contributed by atoms with van der Waals surface area (Å²) in [6, 6.07) is 9.30. The van der Waals surface area contributed by atoms with Gasteiger partial charge in [0.2, 0.25) is 5.91 Å². The topological polar surface area (TPSA) is 74.1 Å². The van der Waals surface area contributed by atoms with Crippen molar-refractivity contribution in [3.8, 4) is 0 Å². The average molecular weight is 427 g/mol. The summed E-state index contributed by atoms with van der Waals surface area (Å²) in [4.78, 5) is 43.3. The van der Waals surface area contributed by atoms with Gasteiger partial charge in [0.05, 0.1) is 11.8 Å². The van der Waals surface area contributed by atoms with E-state index >= 15 is 0 Å². The first-order valence-corrected chi connectivity index (χ1v) is 10.7. The van der Waals surface area contributed by atoms with E-state index in [9.17, 15) is 18.8 Å². The first-order chi connectivity index (χ1) is 15.0. The molecule has 0 aliphatic carbocycles. The third-order valence-corrected chi connectivity index (χ3v) is 6.06. The van der Waals surface area contributed by atoms with E-state index in [1.54, 1.807) is 34.1 Å². The van der Waals surface area contributed by atoms with Gasteiger partial charge >= 0.3 is 0 Å². The van der Waals surface area contributed by atoms with Crippen LogP contribution in [-0.2, 0) is 4.79 Å². The lowest BCUT2D eigenvalue weighted by Gasteiger charge is -2.33. The summed E-state index contributed by atoms with van der Waals surface area (Å²) >= 11 is 0. The second kappa shape index (κ2) is 9.32. The molecule has 1 aromatic carbocycles. The summed E-state index contributed by atoms with van der Waals surface area (Å²) < 4.78 is 19.2. The molecule has 2 aliphatic heterocycles. The number of hydrogen-bond donors (Lipinski definition) is 0. The van der Waals surface area contributed by atoms with Crippen LogP contribution in [0.2, 0.25) is 0 Å². The number of likely N-dealkylation sites (tertiary alicyclic amines) is 1. The van der Waals surface area contributed by atoms with E-state index in [1.165, 1.54) is 18.4 Å². The van der Waals surface area contributed by atoms with E-state index in [1.807, 2.05) is 4.90 Å². The Hall–Kier alpha value is -3.16. The maximum Gasteiger partial charge on any atom is 0.289 e. The monoisotopic (exact) mass is 427 g/mol. The number of hydrogen-bond acceptors (Lipinski definition) is 4. The van der Waals surface area contributed by atoms with Crippen LogP contribution in [0.4, 0.5) is 4.39 Å². The Bertz CT molecular complexity index is 938. The summed E-state index contributed by atoms with van der Waals surface area (Å²) in [5.74, 6) is -0.748. The Labute approximate surface area is 180 Å². The van der Waals surface area contributed by atoms with Crippen molar-refractivity contribution in [3.63, 3.8) is 0 Å². The fraction of sp³-hybridized carbons (Fsp3) is 0.435. The summed E-state index contributed by atoms with van der Waals surface area (Å²) in [6.07, 6.45) is 3.35. The van der Waals surface area contributed by atoms with Crippen molar-refractivity contribution in [3.05, 3.63) is 59.8 Å². The molecule has 0 atom stereocenters. The molecule has 1 aromatic heterocycles. The number of halogens is 1. The largest absolute Gasteiger partial charge is 0.459 e. The molecule has 3 amide bonds. The van der Waals surface area contributed by atoms with Crippen molar-refractivity contribution >= 4 is 17.7 Å². The van der Waals surface area contributed by atoms with Gasteiger partial charge in [-0.05, 0) is 43.5 Å². The molecule has 0 unspecified atom stereocenters. The van der Waals surface area contributed by atoms with Gasteiger partial charge < -0.3 is 19.1 Å². The first kappa shape index (κ1) is 21.1. The molecule has 164 valence electrons. The molecule has 0 saturated carbocycles. The molecule has 7 nitrogen and oxygen atoms in total. The quantitative estimate of drug-likeness (QED) is 0.755. The maximum absolute atomic E-state index is 14.0. The van der Waals surface area contributed by atoms with Crippen LogP contribution >= 0.6 is 0 Å². The third-order valence-electron chi connectivity index (χ3n) is 6.06. The van der Waals surface area contributed by atoms with Crippen LogP contribution in [0.25, 0.3) is 0 Å². The first-order valence-electron chi connectivity index (χ1n) is 10.7. The van der Waals surface area contributed by atoms with Gasteiger partial charge in [0.15, 0.2) is 5.76 Å². The predicted octanol–water partition coefficient (Wildman–Crippen LogP) is 2.65. The van der Waals surface area contributed by atoms with Gasteiger partial charge in [0.25, 0.3) is 11.8 Å². The van der Waals surface area contributed by atoms with Gasteiger partial charge in [-0.25, -0.2) is 4.39 Å². The molecular formula is C23H26FN3O4. The smallest absolute Gasteiger partial charge is 0.289 e. The minimum absolute atomic E-state index is 0.0656. The highest BCUT2D eigenvalue weighted by Gasteiger charge is 2.32. The van der Waals surface area contributed by atoms with Gasteiger partial charge in [0, 0.05) is 45.2 Å². The fourth-order valence-corrected chi connectivity index (χ4v) is 4.29. The van der Waals surface area contributed by atoms with Crippen LogP contribution in [0.3, 0.4) is 0 Å². The number of benzene rings is 1. The molecule has 0 bridgehead atoms. The summed E-state index contributed by atoms with van der Waals surface area (Å²) in [7, 11) is 0. The molecule has 8 heteroatoms. The summed E-state index contributed by atoms with van der Waals surface area (Å²) in [6.45, 7) is 2.92. The van der Waals surface area contributed by atoms with Crippen LogP contribution in [0.15, 0.2) is 47.1 Å². The number of carbonyl (C=O) groups is 3. The molecule has 3 heterocycles. The molecule has 2 fully saturated rings. The Balaban J connectivity index is 1.31. The fourth-order valence-electron chi connectivity index (χ4n) is 4.29. The maximum atomic E-state index is 14.0. The average Bonchev–Trinajstić information content (AvgIpc) is 3.23. The highest BCUT2D eigenvalue weighted by molar-refractivity contribution is 5.94. The van der Waals surface area contributed by atoms with Gasteiger partial charge in [-0.2, -0.15) is 0 Å². The lowest BCUT2D eigenvalue weighted by atomic mass is 9.95. The van der Waals surface area contributed by atoms with Gasteiger partial charge in [-0.15, -0.1) is 0 Å². The number of furan rings is 1. The zero-order valence-electron chi connectivity index (χ0n) is 17.3. The normalized spacial score (nSPS) is 18.0. The molecule has 2 aromatic rings. The predicted molar refractivity (Wildman–Crippen MR) is 111 cm³/mol. The second-order valence-electron chi connectivity index (χ2n) is 7.99. The van der Waals surface area contributed by atoms with E-state index in [2.05, 4.69) is 0 Å². The number of carbonyl (C=O) groups excluding carboxylic acids is 3. The lowest BCUT2D eigenvalue weighted by Crippen LogP contribution is -2.45. The zero-order chi connectivity index (χ0) is 21.8. The van der Waals surface area contributed by atoms with Crippen LogP contribution in [0.1, 0.15) is 40.2 Å². The molecule has 4 rings (SSSR count). The highest BCUT2D eigenvalue weighted by Crippen LogP contribution is 2.22. The molecule has 0 N–H and O–H groups in total. The lowest BCUT2D eigenvalue weighted by molar-refractivity contribution is -0.136. The van der Waals surface area contributed by atoms with E-state index in [0.29, 0.717) is 64.3 Å². The Morgan fingerprint density at radius 1 is 0.806 bits per heavy atom. The van der Waals surface area contributed by atoms with Gasteiger partial charge in [-0.1, -0.05) is 12.1 Å². The Morgan fingerprint density at radius 2 is 1.48 bits per heavy atom. The standard InChI is InChI=1S/C23H26FN3O4/c24-19-6-2-1-5-18(19)22(29)26-11-4-10-25(14-15-26)21(28)17-8-12-27(13-9-17)23(30)20-7-3-16-31-20/h1-3,5-7,16-17H,4,8-15H2. The minimum Gasteiger partial charge on any atom is -0.459 e. The van der Waals surface area contributed by atoms with E-state index < -0.39 is 5.82 Å². The number of amides is 3. The number of piperidine rings is 1. The summed E-state index contributed by atoms with van der Waals surface area (Å²) in [5.41, 5.74) is 0.0656. The van der Waals surface area contributed by atoms with Crippen molar-refractivity contribution in [1.29, 1.82) is 0 Å². The molecule has 0 radical (unpaired) electrons. The van der Waals surface area contributed by atoms with Gasteiger partial charge in [0.1, 0.15) is 5.82 Å². The summed E-state index contributed by atoms with van der Waals surface area (Å²) in [5, 5.41) is 0. The van der Waals surface area contributed by atoms with Gasteiger partial charge in [-0.3, -0.25) is 14.4 Å². The van der Waals surface area contributed by atoms with Crippen molar-refractivity contribution in [2.75, 3.05) is 39.3 Å². The number of rotatable bonds is 3. The molecule has 2 aliphatic rings. The third kappa shape index (κ3) is 4.62. The zero-order valence-corrected chi connectivity index (χ0v) is 17.3. The van der Waals surface area contributed by atoms with Crippen molar-refractivity contribution in [2.24, 2.45) is 5.92 Å². The molecule has 31 heavy (non-hydrogen) atoms. The van der Waals surface area contributed by atoms with Crippen LogP contribution < -0.4 is 0 Å². The Morgan fingerprint density at radius 3 is 2.19 bits per heavy atom. The Kier molecular flexibility index (Phi) is 6.34. The van der Waals surface area contributed by atoms with Crippen molar-refractivity contribution in [1.82, 2.24) is 14.7 Å². The second-order valence-corrected chi connectivity index (χ2v) is 7.99. The van der Waals surface area contributed by atoms with Crippen molar-refractivity contribution in [2.45, 2.75) is 19.3 Å². The minimum atomic E-state index is -0.527. The SMILES string of the molecule is O=C(c1ccco1)N1CCC(C(=O)N2CCCN(C(=O)c3ccccc3F)CC2)CC1. The van der Waals surface area contributed by atoms with Crippen LogP contribution in [0, 0.1) is 11.7 Å². The highest BCUT2D eigenvalue weighted by atomic mass is 19.1. The van der Waals surface area contributed by atoms with E-state index in [0.717, 1.165) is 0 Å². The van der Waals surface area contributed by atoms with Crippen molar-refractivity contribution < 1.29 is 23.2 Å². The molecule has 2 saturated heterocycles. The van der Waals surface area contributed by atoms with Crippen LogP contribution in [-0.4, -0.2) is 71.7 Å². The number of nitrogens with zero attached hydrogens (tertiary/aromatic N) is 3. The van der Waals surface area contributed by atoms with E-state index in [4.69, 9.17) is 4.42 Å².